The number of aliphatic hydroxyl groups excluding tert-OH is 1. The van der Waals surface area contributed by atoms with E-state index in [1.165, 1.54) is 0 Å². The number of anilines is 1. The highest BCUT2D eigenvalue weighted by atomic mass is 35.5. The van der Waals surface area contributed by atoms with Crippen molar-refractivity contribution in [3.8, 4) is 0 Å². The van der Waals surface area contributed by atoms with E-state index in [4.69, 9.17) is 16.7 Å². The Bertz CT molecular complexity index is 410. The molecule has 0 aliphatic carbocycles. The van der Waals surface area contributed by atoms with Crippen LogP contribution < -0.4 is 10.2 Å². The summed E-state index contributed by atoms with van der Waals surface area (Å²) >= 11 is 6.04. The molecule has 0 heterocycles. The number of halogens is 1. The molecule has 4 nitrogen and oxygen atoms in total. The largest absolute Gasteiger partial charge is 0.392 e. The van der Waals surface area contributed by atoms with Crippen LogP contribution in [0, 0.1) is 0 Å². The minimum absolute atomic E-state index is 0.0123. The number of amides is 1. The molecule has 2 N–H and O–H groups in total. The van der Waals surface area contributed by atoms with Gasteiger partial charge in [0, 0.05) is 23.8 Å². The molecule has 0 aliphatic heterocycles. The van der Waals surface area contributed by atoms with Gasteiger partial charge >= 0.3 is 0 Å². The number of hydrogen-bond donors (Lipinski definition) is 2. The average Bonchev–Trinajstić information content (AvgIpc) is 2.36. The highest BCUT2D eigenvalue weighted by Gasteiger charge is 2.10. The minimum atomic E-state index is -0.0818. The molecule has 1 aromatic carbocycles. The van der Waals surface area contributed by atoms with Crippen LogP contribution in [0.3, 0.4) is 0 Å². The first-order valence-electron chi connectivity index (χ1n) is 6.03. The topological polar surface area (TPSA) is 52.6 Å². The number of nitrogens with zero attached hydrogens (tertiary/aromatic N) is 1. The Balaban J connectivity index is 2.82. The van der Waals surface area contributed by atoms with E-state index in [0.29, 0.717) is 30.2 Å². The second kappa shape index (κ2) is 7.24. The van der Waals surface area contributed by atoms with Crippen molar-refractivity contribution in [3.63, 3.8) is 0 Å². The molecule has 0 radical (unpaired) electrons. The van der Waals surface area contributed by atoms with Crippen LogP contribution in [-0.4, -0.2) is 30.6 Å². The molecule has 0 atom stereocenters. The molecule has 0 saturated heterocycles. The van der Waals surface area contributed by atoms with E-state index >= 15 is 0 Å². The Morgan fingerprint density at radius 1 is 1.44 bits per heavy atom. The predicted octanol–water partition coefficient (Wildman–Crippen LogP) is 1.79. The van der Waals surface area contributed by atoms with E-state index < -0.39 is 0 Å². The number of aliphatic hydroxyl groups is 1. The van der Waals surface area contributed by atoms with Crippen molar-refractivity contribution in [1.29, 1.82) is 0 Å². The molecule has 1 amide bonds. The van der Waals surface area contributed by atoms with Crippen molar-refractivity contribution in [2.75, 3.05) is 24.5 Å². The van der Waals surface area contributed by atoms with Crippen LogP contribution in [0.25, 0.3) is 0 Å². The predicted molar refractivity (Wildman–Crippen MR) is 73.9 cm³/mol. The van der Waals surface area contributed by atoms with E-state index in [0.717, 1.165) is 5.69 Å². The van der Waals surface area contributed by atoms with Gasteiger partial charge in [-0.1, -0.05) is 17.7 Å². The molecule has 1 rings (SSSR count). The summed E-state index contributed by atoms with van der Waals surface area (Å²) in [6.45, 7) is 5.43. The molecule has 0 aliphatic rings. The van der Waals surface area contributed by atoms with E-state index in [-0.39, 0.29) is 12.5 Å². The Labute approximate surface area is 113 Å². The molecule has 18 heavy (non-hydrogen) atoms. The first-order chi connectivity index (χ1) is 8.62. The zero-order valence-corrected chi connectivity index (χ0v) is 11.5. The second-order valence-corrected chi connectivity index (χ2v) is 4.31. The molecule has 0 unspecified atom stereocenters. The smallest absolute Gasteiger partial charge is 0.239 e. The molecule has 0 aromatic heterocycles. The molecule has 100 valence electrons. The molecule has 0 saturated carbocycles. The lowest BCUT2D eigenvalue weighted by Crippen LogP contribution is -2.37. The SMILES string of the molecule is CCNC(=O)CN(CC)c1ccc(CO)c(Cl)c1. The monoisotopic (exact) mass is 270 g/mol. The summed E-state index contributed by atoms with van der Waals surface area (Å²) in [5.41, 5.74) is 1.57. The molecule has 0 spiro atoms. The summed E-state index contributed by atoms with van der Waals surface area (Å²) in [4.78, 5) is 13.5. The number of nitrogens with one attached hydrogen (secondary N) is 1. The van der Waals surface area contributed by atoms with Gasteiger partial charge in [-0.2, -0.15) is 0 Å². The molecule has 0 bridgehead atoms. The fourth-order valence-corrected chi connectivity index (χ4v) is 1.91. The lowest BCUT2D eigenvalue weighted by atomic mass is 10.2. The Morgan fingerprint density at radius 3 is 2.67 bits per heavy atom. The molecule has 0 fully saturated rings. The maximum atomic E-state index is 11.6. The lowest BCUT2D eigenvalue weighted by molar-refractivity contribution is -0.119. The van der Waals surface area contributed by atoms with Crippen molar-refractivity contribution >= 4 is 23.2 Å². The Morgan fingerprint density at radius 2 is 2.17 bits per heavy atom. The van der Waals surface area contributed by atoms with Crippen LogP contribution in [0.15, 0.2) is 18.2 Å². The zero-order chi connectivity index (χ0) is 13.5. The number of carbonyl (C=O) groups excluding carboxylic acids is 1. The first-order valence-corrected chi connectivity index (χ1v) is 6.41. The van der Waals surface area contributed by atoms with Gasteiger partial charge in [-0.25, -0.2) is 0 Å². The van der Waals surface area contributed by atoms with Crippen LogP contribution >= 0.6 is 11.6 Å². The van der Waals surface area contributed by atoms with Crippen molar-refractivity contribution in [1.82, 2.24) is 5.32 Å². The van der Waals surface area contributed by atoms with E-state index in [2.05, 4.69) is 5.32 Å². The Hall–Kier alpha value is -1.26. The van der Waals surface area contributed by atoms with Gasteiger partial charge in [0.1, 0.15) is 0 Å². The summed E-state index contributed by atoms with van der Waals surface area (Å²) in [7, 11) is 0. The lowest BCUT2D eigenvalue weighted by Gasteiger charge is -2.23. The standard InChI is InChI=1S/C13H19ClN2O2/c1-3-15-13(18)8-16(4-2)11-6-5-10(9-17)12(14)7-11/h5-7,17H,3-4,8-9H2,1-2H3,(H,15,18). The highest BCUT2D eigenvalue weighted by molar-refractivity contribution is 6.31. The van der Waals surface area contributed by atoms with Gasteiger partial charge in [-0.05, 0) is 31.5 Å². The van der Waals surface area contributed by atoms with Gasteiger partial charge in [0.25, 0.3) is 0 Å². The fraction of sp³-hybridized carbons (Fsp3) is 0.462. The van der Waals surface area contributed by atoms with Crippen LogP contribution in [-0.2, 0) is 11.4 Å². The van der Waals surface area contributed by atoms with Crippen molar-refractivity contribution < 1.29 is 9.90 Å². The van der Waals surface area contributed by atoms with E-state index in [1.807, 2.05) is 24.8 Å². The summed E-state index contributed by atoms with van der Waals surface area (Å²) in [5, 5.41) is 12.3. The molecule has 1 aromatic rings. The minimum Gasteiger partial charge on any atom is -0.392 e. The number of benzene rings is 1. The van der Waals surface area contributed by atoms with Crippen LogP contribution in [0.5, 0.6) is 0 Å². The van der Waals surface area contributed by atoms with Crippen LogP contribution in [0.1, 0.15) is 19.4 Å². The summed E-state index contributed by atoms with van der Waals surface area (Å²) in [6.07, 6.45) is 0. The van der Waals surface area contributed by atoms with Crippen LogP contribution in [0.2, 0.25) is 5.02 Å². The summed E-state index contributed by atoms with van der Waals surface area (Å²) < 4.78 is 0. The maximum absolute atomic E-state index is 11.6. The summed E-state index contributed by atoms with van der Waals surface area (Å²) in [6, 6.07) is 5.41. The quantitative estimate of drug-likeness (QED) is 0.829. The van der Waals surface area contributed by atoms with E-state index in [1.54, 1.807) is 12.1 Å². The Kier molecular flexibility index (Phi) is 5.95. The molecular weight excluding hydrogens is 252 g/mol. The van der Waals surface area contributed by atoms with Gasteiger partial charge in [-0.15, -0.1) is 0 Å². The van der Waals surface area contributed by atoms with Gasteiger partial charge in [0.15, 0.2) is 0 Å². The highest BCUT2D eigenvalue weighted by Crippen LogP contribution is 2.23. The number of hydrogen-bond acceptors (Lipinski definition) is 3. The zero-order valence-electron chi connectivity index (χ0n) is 10.7. The fourth-order valence-electron chi connectivity index (χ4n) is 1.67. The molecule has 5 heteroatoms. The molecular formula is C13H19ClN2O2. The normalized spacial score (nSPS) is 10.2. The number of likely N-dealkylation sites (N-methyl/N-ethyl adjacent to an activating group) is 2. The maximum Gasteiger partial charge on any atom is 0.239 e. The number of carbonyl (C=O) groups is 1. The van der Waals surface area contributed by atoms with Crippen molar-refractivity contribution in [3.05, 3.63) is 28.8 Å². The van der Waals surface area contributed by atoms with Gasteiger partial charge in [0.05, 0.1) is 13.2 Å². The third-order valence-electron chi connectivity index (χ3n) is 2.66. The van der Waals surface area contributed by atoms with Gasteiger partial charge in [0.2, 0.25) is 5.91 Å². The van der Waals surface area contributed by atoms with Crippen molar-refractivity contribution in [2.45, 2.75) is 20.5 Å². The second-order valence-electron chi connectivity index (χ2n) is 3.90. The van der Waals surface area contributed by atoms with Gasteiger partial charge < -0.3 is 15.3 Å². The number of rotatable bonds is 6. The average molecular weight is 271 g/mol. The third kappa shape index (κ3) is 3.89. The van der Waals surface area contributed by atoms with E-state index in [9.17, 15) is 4.79 Å². The van der Waals surface area contributed by atoms with Crippen molar-refractivity contribution in [2.24, 2.45) is 0 Å². The summed E-state index contributed by atoms with van der Waals surface area (Å²) in [5.74, 6) is -0.0123. The van der Waals surface area contributed by atoms with Gasteiger partial charge in [-0.3, -0.25) is 4.79 Å². The van der Waals surface area contributed by atoms with Crippen LogP contribution in [0.4, 0.5) is 5.69 Å². The first kappa shape index (κ1) is 14.8. The third-order valence-corrected chi connectivity index (χ3v) is 3.01.